The molecule has 5 heteroatoms. The monoisotopic (exact) mass is 276 g/mol. The van der Waals surface area contributed by atoms with Gasteiger partial charge in [-0.05, 0) is 18.1 Å². The highest BCUT2D eigenvalue weighted by molar-refractivity contribution is 5.99. The fourth-order valence-corrected chi connectivity index (χ4v) is 2.53. The van der Waals surface area contributed by atoms with Crippen molar-refractivity contribution >= 4 is 11.8 Å². The molecular formula is C15H20N2O3. The van der Waals surface area contributed by atoms with Crippen molar-refractivity contribution in [3.63, 3.8) is 0 Å². The van der Waals surface area contributed by atoms with Gasteiger partial charge in [0.2, 0.25) is 5.91 Å². The predicted molar refractivity (Wildman–Crippen MR) is 75.3 cm³/mol. The minimum atomic E-state index is -0.383. The summed E-state index contributed by atoms with van der Waals surface area (Å²) in [5, 5.41) is 2.80. The molecule has 1 fully saturated rings. The lowest BCUT2D eigenvalue weighted by atomic mass is 10.0. The first-order chi connectivity index (χ1) is 9.69. The maximum atomic E-state index is 12.7. The molecule has 0 saturated carbocycles. The molecule has 1 aromatic carbocycles. The van der Waals surface area contributed by atoms with Gasteiger partial charge in [0.05, 0.1) is 6.61 Å². The van der Waals surface area contributed by atoms with Crippen LogP contribution in [-0.2, 0) is 16.1 Å². The lowest BCUT2D eigenvalue weighted by molar-refractivity contribution is -0.127. The van der Waals surface area contributed by atoms with Crippen LogP contribution in [0.3, 0.4) is 0 Å². The Morgan fingerprint density at radius 1 is 1.45 bits per heavy atom. The van der Waals surface area contributed by atoms with Crippen molar-refractivity contribution in [3.8, 4) is 0 Å². The second-order valence-electron chi connectivity index (χ2n) is 4.80. The van der Waals surface area contributed by atoms with E-state index in [-0.39, 0.29) is 17.9 Å². The number of hydrogen-bond acceptors (Lipinski definition) is 3. The number of rotatable bonds is 4. The van der Waals surface area contributed by atoms with Gasteiger partial charge in [-0.1, -0.05) is 25.1 Å². The van der Waals surface area contributed by atoms with Gasteiger partial charge in [0, 0.05) is 25.8 Å². The van der Waals surface area contributed by atoms with Crippen LogP contribution in [0, 0.1) is 0 Å². The summed E-state index contributed by atoms with van der Waals surface area (Å²) in [4.78, 5) is 26.2. The third kappa shape index (κ3) is 2.82. The second-order valence-corrected chi connectivity index (χ2v) is 4.80. The summed E-state index contributed by atoms with van der Waals surface area (Å²) in [5.74, 6) is -0.171. The van der Waals surface area contributed by atoms with Crippen LogP contribution in [0.25, 0.3) is 0 Å². The van der Waals surface area contributed by atoms with E-state index in [2.05, 4.69) is 5.32 Å². The highest BCUT2D eigenvalue weighted by Crippen LogP contribution is 2.17. The van der Waals surface area contributed by atoms with Crippen molar-refractivity contribution in [2.45, 2.75) is 26.0 Å². The van der Waals surface area contributed by atoms with Gasteiger partial charge >= 0.3 is 0 Å². The first kappa shape index (κ1) is 14.5. The number of hydrogen-bond donors (Lipinski definition) is 1. The van der Waals surface area contributed by atoms with Crippen molar-refractivity contribution in [1.82, 2.24) is 10.2 Å². The van der Waals surface area contributed by atoms with E-state index in [9.17, 15) is 9.59 Å². The average molecular weight is 276 g/mol. The Morgan fingerprint density at radius 3 is 2.90 bits per heavy atom. The molecule has 5 nitrogen and oxygen atoms in total. The van der Waals surface area contributed by atoms with Crippen LogP contribution < -0.4 is 5.32 Å². The number of nitrogens with one attached hydrogen (secondary N) is 1. The van der Waals surface area contributed by atoms with E-state index < -0.39 is 0 Å². The largest absolute Gasteiger partial charge is 0.380 e. The number of carbonyl (C=O) groups is 2. The molecule has 2 rings (SSSR count). The molecule has 1 unspecified atom stereocenters. The third-order valence-corrected chi connectivity index (χ3v) is 3.53. The maximum absolute atomic E-state index is 12.7. The zero-order chi connectivity index (χ0) is 14.5. The summed E-state index contributed by atoms with van der Waals surface area (Å²) in [5.41, 5.74) is 1.46. The third-order valence-electron chi connectivity index (χ3n) is 3.53. The molecule has 1 heterocycles. The minimum absolute atomic E-state index is 0.0728. The number of benzene rings is 1. The average Bonchev–Trinajstić information content (AvgIpc) is 2.47. The van der Waals surface area contributed by atoms with Gasteiger partial charge in [0.25, 0.3) is 5.91 Å². The summed E-state index contributed by atoms with van der Waals surface area (Å²) in [6.45, 7) is 3.35. The smallest absolute Gasteiger partial charge is 0.254 e. The number of amides is 2. The molecular weight excluding hydrogens is 256 g/mol. The van der Waals surface area contributed by atoms with Gasteiger partial charge < -0.3 is 15.0 Å². The molecule has 0 bridgehead atoms. The Hall–Kier alpha value is -1.88. The quantitative estimate of drug-likeness (QED) is 0.898. The topological polar surface area (TPSA) is 58.6 Å². The summed E-state index contributed by atoms with van der Waals surface area (Å²) in [6, 6.07) is 6.99. The number of nitrogens with zero attached hydrogens (tertiary/aromatic N) is 1. The molecule has 108 valence electrons. The van der Waals surface area contributed by atoms with Crippen LogP contribution in [0.2, 0.25) is 0 Å². The van der Waals surface area contributed by atoms with Crippen molar-refractivity contribution < 1.29 is 14.3 Å². The molecule has 1 N–H and O–H groups in total. The van der Waals surface area contributed by atoms with E-state index in [4.69, 9.17) is 4.74 Å². The highest BCUT2D eigenvalue weighted by Gasteiger charge is 2.32. The molecule has 0 spiro atoms. The Bertz CT molecular complexity index is 502. The van der Waals surface area contributed by atoms with E-state index in [0.717, 1.165) is 5.56 Å². The van der Waals surface area contributed by atoms with E-state index in [0.29, 0.717) is 31.7 Å². The molecule has 0 aromatic heterocycles. The highest BCUT2D eigenvalue weighted by atomic mass is 16.5. The summed E-state index contributed by atoms with van der Waals surface area (Å²) >= 11 is 0. The van der Waals surface area contributed by atoms with Crippen LogP contribution in [-0.4, -0.2) is 43.0 Å². The van der Waals surface area contributed by atoms with Gasteiger partial charge in [-0.25, -0.2) is 0 Å². The summed E-state index contributed by atoms with van der Waals surface area (Å²) in [7, 11) is 1.60. The first-order valence-corrected chi connectivity index (χ1v) is 6.84. The van der Waals surface area contributed by atoms with Gasteiger partial charge in [-0.3, -0.25) is 9.59 Å². The molecule has 20 heavy (non-hydrogen) atoms. The van der Waals surface area contributed by atoms with Gasteiger partial charge in [-0.2, -0.15) is 0 Å². The molecule has 1 aromatic rings. The lowest BCUT2D eigenvalue weighted by Crippen LogP contribution is -2.57. The fraction of sp³-hybridized carbons (Fsp3) is 0.467. The molecule has 0 radical (unpaired) electrons. The normalized spacial score (nSPS) is 18.8. The zero-order valence-corrected chi connectivity index (χ0v) is 11.9. The number of ether oxygens (including phenoxy) is 1. The van der Waals surface area contributed by atoms with E-state index in [1.807, 2.05) is 25.1 Å². The fourth-order valence-electron chi connectivity index (χ4n) is 2.53. The molecule has 1 aliphatic rings. The van der Waals surface area contributed by atoms with Crippen molar-refractivity contribution in [2.75, 3.05) is 20.2 Å². The maximum Gasteiger partial charge on any atom is 0.254 e. The number of methoxy groups -OCH3 is 1. The van der Waals surface area contributed by atoms with Crippen LogP contribution in [0.5, 0.6) is 0 Å². The Labute approximate surface area is 118 Å². The molecule has 1 saturated heterocycles. The van der Waals surface area contributed by atoms with E-state index >= 15 is 0 Å². The summed E-state index contributed by atoms with van der Waals surface area (Å²) in [6.07, 6.45) is 0.615. The van der Waals surface area contributed by atoms with Crippen molar-refractivity contribution in [1.29, 1.82) is 0 Å². The second kappa shape index (κ2) is 6.52. The van der Waals surface area contributed by atoms with E-state index in [1.165, 1.54) is 0 Å². The Morgan fingerprint density at radius 2 is 2.20 bits per heavy atom. The standard InChI is InChI=1S/C15H20N2O3/c1-3-13-14(18)16-8-9-17(13)15(19)12-7-5-4-6-11(12)10-20-2/h4-7,13H,3,8-10H2,1-2H3,(H,16,18). The molecule has 1 atom stereocenters. The summed E-state index contributed by atoms with van der Waals surface area (Å²) < 4.78 is 5.13. The Kier molecular flexibility index (Phi) is 4.74. The number of piperazine rings is 1. The minimum Gasteiger partial charge on any atom is -0.380 e. The van der Waals surface area contributed by atoms with Crippen molar-refractivity contribution in [2.24, 2.45) is 0 Å². The van der Waals surface area contributed by atoms with Gasteiger partial charge in [-0.15, -0.1) is 0 Å². The van der Waals surface area contributed by atoms with Crippen LogP contribution in [0.1, 0.15) is 29.3 Å². The first-order valence-electron chi connectivity index (χ1n) is 6.84. The molecule has 1 aliphatic heterocycles. The predicted octanol–water partition coefficient (Wildman–Crippen LogP) is 1.18. The number of carbonyl (C=O) groups excluding carboxylic acids is 2. The zero-order valence-electron chi connectivity index (χ0n) is 11.9. The van der Waals surface area contributed by atoms with Gasteiger partial charge in [0.15, 0.2) is 0 Å². The van der Waals surface area contributed by atoms with Crippen LogP contribution >= 0.6 is 0 Å². The van der Waals surface area contributed by atoms with E-state index in [1.54, 1.807) is 18.1 Å². The molecule has 2 amide bonds. The lowest BCUT2D eigenvalue weighted by Gasteiger charge is -2.34. The Balaban J connectivity index is 2.28. The van der Waals surface area contributed by atoms with Gasteiger partial charge in [0.1, 0.15) is 6.04 Å². The van der Waals surface area contributed by atoms with Crippen LogP contribution in [0.4, 0.5) is 0 Å². The molecule has 0 aliphatic carbocycles. The SMILES string of the molecule is CCC1C(=O)NCCN1C(=O)c1ccccc1COC. The van der Waals surface area contributed by atoms with Crippen LogP contribution in [0.15, 0.2) is 24.3 Å². The van der Waals surface area contributed by atoms with Crippen molar-refractivity contribution in [3.05, 3.63) is 35.4 Å².